The highest BCUT2D eigenvalue weighted by Crippen LogP contribution is 2.49. The summed E-state index contributed by atoms with van der Waals surface area (Å²) >= 11 is 0. The first-order chi connectivity index (χ1) is 27.8. The Morgan fingerprint density at radius 3 is 0.828 bits per heavy atom. The van der Waals surface area contributed by atoms with Crippen LogP contribution in [0.25, 0.3) is 0 Å². The Hall–Kier alpha value is -2.03. The van der Waals surface area contributed by atoms with Crippen molar-refractivity contribution < 1.29 is 34.8 Å². The first-order valence-electron chi connectivity index (χ1n) is 23.3. The van der Waals surface area contributed by atoms with Gasteiger partial charge in [0.2, 0.25) is 0 Å². The third-order valence-corrected chi connectivity index (χ3v) is 8.84. The second-order valence-corrected chi connectivity index (χ2v) is 27.4. The topological polar surface area (TPSA) is 34.1 Å². The Morgan fingerprint density at radius 2 is 0.703 bits per heavy atom. The number of halogens is 6. The van der Waals surface area contributed by atoms with Crippen molar-refractivity contribution in [3.63, 3.8) is 0 Å². The van der Waals surface area contributed by atoms with Gasteiger partial charge in [-0.25, -0.2) is 8.42 Å². The number of sulfone groups is 1. The van der Waals surface area contributed by atoms with Gasteiger partial charge in [-0.3, -0.25) is 0 Å². The van der Waals surface area contributed by atoms with E-state index in [1.54, 1.807) is 0 Å². The van der Waals surface area contributed by atoms with Crippen LogP contribution < -0.4 is 0 Å². The molecule has 9 heteroatoms. The fourth-order valence-electron chi connectivity index (χ4n) is 4.59. The van der Waals surface area contributed by atoms with Crippen molar-refractivity contribution >= 4 is 9.84 Å². The number of benzene rings is 2. The van der Waals surface area contributed by atoms with Crippen molar-refractivity contribution in [1.29, 1.82) is 0 Å². The van der Waals surface area contributed by atoms with Gasteiger partial charge in [-0.1, -0.05) is 233 Å². The summed E-state index contributed by atoms with van der Waals surface area (Å²) in [5.74, 6) is 0.833. The summed E-state index contributed by atoms with van der Waals surface area (Å²) in [6.45, 7) is 51.5. The molecular formula is C55H102F6O2S. The second-order valence-electron chi connectivity index (χ2n) is 25.1. The number of hydrogen-bond donors (Lipinski definition) is 0. The fourth-order valence-corrected chi connectivity index (χ4v) is 4.59. The molecule has 2 aromatic carbocycles. The van der Waals surface area contributed by atoms with Crippen molar-refractivity contribution in [2.75, 3.05) is 12.5 Å². The van der Waals surface area contributed by atoms with E-state index in [4.69, 9.17) is 0 Å². The van der Waals surface area contributed by atoms with Gasteiger partial charge < -0.3 is 0 Å². The normalized spacial score (nSPS) is 14.5. The molecule has 2 nitrogen and oxygen atoms in total. The van der Waals surface area contributed by atoms with Crippen LogP contribution in [0.15, 0.2) is 48.5 Å². The highest BCUT2D eigenvalue weighted by Gasteiger charge is 2.64. The van der Waals surface area contributed by atoms with Gasteiger partial charge in [0.25, 0.3) is 0 Å². The maximum absolute atomic E-state index is 11.6. The fraction of sp³-hybridized carbons (Fsp3) is 0.782. The zero-order valence-corrected chi connectivity index (χ0v) is 47.2. The van der Waals surface area contributed by atoms with Crippen molar-refractivity contribution in [1.82, 2.24) is 0 Å². The van der Waals surface area contributed by atoms with Crippen molar-refractivity contribution in [2.24, 2.45) is 22.2 Å². The van der Waals surface area contributed by atoms with Crippen molar-refractivity contribution in [3.05, 3.63) is 70.8 Å². The summed E-state index contributed by atoms with van der Waals surface area (Å²) in [4.78, 5) is 0. The number of hydrogen-bond acceptors (Lipinski definition) is 2. The molecule has 1 fully saturated rings. The molecule has 1 aliphatic rings. The molecule has 0 bridgehead atoms. The monoisotopic (exact) mass is 941 g/mol. The van der Waals surface area contributed by atoms with Crippen LogP contribution in [0.2, 0.25) is 0 Å². The van der Waals surface area contributed by atoms with E-state index in [1.807, 2.05) is 0 Å². The third kappa shape index (κ3) is 42.6. The van der Waals surface area contributed by atoms with E-state index in [2.05, 4.69) is 208 Å². The van der Waals surface area contributed by atoms with Gasteiger partial charge >= 0.3 is 12.4 Å². The summed E-state index contributed by atoms with van der Waals surface area (Å²) < 4.78 is 88.9. The molecule has 0 amide bonds. The molecule has 0 aromatic heterocycles. The Kier molecular flexibility index (Phi) is 32.2. The molecule has 0 radical (unpaired) electrons. The van der Waals surface area contributed by atoms with E-state index in [1.165, 1.54) is 60.8 Å². The Labute approximate surface area is 394 Å². The van der Waals surface area contributed by atoms with E-state index >= 15 is 0 Å². The smallest absolute Gasteiger partial charge is 0.229 e. The van der Waals surface area contributed by atoms with Crippen LogP contribution in [-0.4, -0.2) is 33.3 Å². The maximum Gasteiger partial charge on any atom is 0.402 e. The lowest BCUT2D eigenvalue weighted by Crippen LogP contribution is -2.44. The van der Waals surface area contributed by atoms with Gasteiger partial charge in [-0.05, 0) is 87.4 Å². The van der Waals surface area contributed by atoms with Gasteiger partial charge in [0, 0.05) is 12.5 Å². The van der Waals surface area contributed by atoms with E-state index in [0.717, 1.165) is 18.4 Å². The lowest BCUT2D eigenvalue weighted by molar-refractivity contribution is -0.327. The lowest BCUT2D eigenvalue weighted by atomic mass is 9.78. The average molecular weight is 941 g/mol. The van der Waals surface area contributed by atoms with E-state index < -0.39 is 27.6 Å². The molecule has 0 unspecified atom stereocenters. The van der Waals surface area contributed by atoms with Gasteiger partial charge in [-0.15, -0.1) is 0 Å². The minimum atomic E-state index is -5.24. The minimum Gasteiger partial charge on any atom is -0.229 e. The molecule has 0 saturated heterocycles. The van der Waals surface area contributed by atoms with Crippen LogP contribution in [0.5, 0.6) is 0 Å². The van der Waals surface area contributed by atoms with Crippen LogP contribution in [0, 0.1) is 22.2 Å². The molecule has 3 rings (SSSR count). The molecule has 0 aliphatic heterocycles. The van der Waals surface area contributed by atoms with Gasteiger partial charge in [0.1, 0.15) is 9.84 Å². The largest absolute Gasteiger partial charge is 0.402 e. The van der Waals surface area contributed by atoms with Crippen molar-refractivity contribution in [2.45, 2.75) is 246 Å². The van der Waals surface area contributed by atoms with E-state index in [9.17, 15) is 34.8 Å². The second kappa shape index (κ2) is 29.0. The summed E-state index contributed by atoms with van der Waals surface area (Å²) in [7, 11) is -2.67. The SMILES string of the molecule is CC(C)(C(F)(F)F)C(F)(F)F.CC(C)(C)C.CC(C)(C)c1ccc(C(C)(C)C)cc1.CC(C)(C)c1cccc(C(C)(C)C)c1.CC(C)C.CC1(C)CCCCC1.CCC.CS(C)(=O)=O. The molecular weight excluding hydrogens is 839 g/mol. The minimum absolute atomic E-state index is 0.104. The number of rotatable bonds is 0. The lowest BCUT2D eigenvalue weighted by Gasteiger charge is -2.29. The Morgan fingerprint density at radius 1 is 0.500 bits per heavy atom. The first kappa shape index (κ1) is 71.0. The molecule has 0 heterocycles. The molecule has 0 spiro atoms. The standard InChI is InChI=1S/2C14H22.C8H16.C5H6F6.C5H12.C4H10.C3H8.C2H6O2S/c1-13(2,3)11-7-9-12(10-8-11)14(4,5)6;1-13(2,3)11-8-7-9-12(10-11)14(4,5)6;1-8(2)6-4-3-5-7-8;1-3(2,4(6,7)8)5(9,10)11;1-5(2,3)4;1-4(2)3;1-3-2;1-5(2,3)4/h2*7-10H,1-6H3;3-7H2,1-2H3;1-2H3;1-4H3;4H,1-3H3;3H2,1-2H3;1-2H3. The highest BCUT2D eigenvalue weighted by molar-refractivity contribution is 7.89. The van der Waals surface area contributed by atoms with Crippen LogP contribution >= 0.6 is 0 Å². The molecule has 0 N–H and O–H groups in total. The third-order valence-electron chi connectivity index (χ3n) is 8.84. The highest BCUT2D eigenvalue weighted by atomic mass is 32.2. The van der Waals surface area contributed by atoms with Crippen LogP contribution in [-0.2, 0) is 31.5 Å². The van der Waals surface area contributed by atoms with Crippen LogP contribution in [0.1, 0.15) is 234 Å². The Bertz CT molecular complexity index is 1480. The predicted molar refractivity (Wildman–Crippen MR) is 273 cm³/mol. The van der Waals surface area contributed by atoms with Gasteiger partial charge in [-0.2, -0.15) is 26.3 Å². The van der Waals surface area contributed by atoms with E-state index in [-0.39, 0.29) is 35.5 Å². The molecule has 64 heavy (non-hydrogen) atoms. The summed E-state index contributed by atoms with van der Waals surface area (Å²) in [5.41, 5.74) is 4.24. The maximum atomic E-state index is 11.6. The van der Waals surface area contributed by atoms with Crippen molar-refractivity contribution in [3.8, 4) is 0 Å². The van der Waals surface area contributed by atoms with Gasteiger partial charge in [0.05, 0.1) is 0 Å². The average Bonchev–Trinajstić information content (AvgIpc) is 3.02. The molecule has 0 atom stereocenters. The van der Waals surface area contributed by atoms with Crippen LogP contribution in [0.3, 0.4) is 0 Å². The Balaban J connectivity index is -0.000000218. The first-order valence-corrected chi connectivity index (χ1v) is 25.6. The summed E-state index contributed by atoms with van der Waals surface area (Å²) in [6.07, 6.45) is 0.389. The summed E-state index contributed by atoms with van der Waals surface area (Å²) in [6, 6.07) is 17.9. The number of alkyl halides is 6. The molecule has 382 valence electrons. The molecule has 2 aromatic rings. The zero-order chi connectivity index (χ0) is 52.8. The zero-order valence-electron chi connectivity index (χ0n) is 46.4. The quantitative estimate of drug-likeness (QED) is 0.247. The summed E-state index contributed by atoms with van der Waals surface area (Å²) in [5, 5.41) is 0. The predicted octanol–water partition coefficient (Wildman–Crippen LogP) is 19.5. The molecule has 1 aliphatic carbocycles. The van der Waals surface area contributed by atoms with E-state index in [0.29, 0.717) is 10.8 Å². The van der Waals surface area contributed by atoms with Crippen LogP contribution in [0.4, 0.5) is 26.3 Å². The molecule has 1 saturated carbocycles. The van der Waals surface area contributed by atoms with Gasteiger partial charge in [0.15, 0.2) is 5.41 Å².